The Labute approximate surface area is 121 Å². The van der Waals surface area contributed by atoms with Crippen LogP contribution in [0.3, 0.4) is 0 Å². The molecule has 0 bridgehead atoms. The maximum atomic E-state index is 11.8. The number of nitrogens with one attached hydrogen (secondary N) is 1. The summed E-state index contributed by atoms with van der Waals surface area (Å²) in [5, 5.41) is 3.92. The normalized spacial score (nSPS) is 13.1. The summed E-state index contributed by atoms with van der Waals surface area (Å²) in [7, 11) is 0. The number of carbonyl (C=O) groups is 1. The molecule has 0 fully saturated rings. The maximum absolute atomic E-state index is 11.8. The summed E-state index contributed by atoms with van der Waals surface area (Å²) in [5.74, 6) is 1.10. The van der Waals surface area contributed by atoms with Gasteiger partial charge in [-0.05, 0) is 35.9 Å². The Morgan fingerprint density at radius 2 is 2.10 bits per heavy atom. The van der Waals surface area contributed by atoms with E-state index >= 15 is 0 Å². The van der Waals surface area contributed by atoms with Gasteiger partial charge in [-0.25, -0.2) is 5.43 Å². The second-order valence-corrected chi connectivity index (χ2v) is 4.34. The van der Waals surface area contributed by atoms with Crippen molar-refractivity contribution < 1.29 is 14.3 Å². The maximum Gasteiger partial charge on any atom is 0.272 e. The number of benzene rings is 1. The van der Waals surface area contributed by atoms with Crippen molar-refractivity contribution in [1.82, 2.24) is 10.4 Å². The highest BCUT2D eigenvalue weighted by atomic mass is 16.6. The van der Waals surface area contributed by atoms with Gasteiger partial charge in [-0.2, -0.15) is 5.10 Å². The molecule has 1 amide bonds. The third kappa shape index (κ3) is 3.17. The van der Waals surface area contributed by atoms with Crippen LogP contribution in [0.15, 0.2) is 47.8 Å². The summed E-state index contributed by atoms with van der Waals surface area (Å²) in [4.78, 5) is 15.6. The van der Waals surface area contributed by atoms with Crippen LogP contribution in [0.1, 0.15) is 15.9 Å². The van der Waals surface area contributed by atoms with E-state index in [9.17, 15) is 4.79 Å². The van der Waals surface area contributed by atoms with Crippen molar-refractivity contribution in [3.8, 4) is 11.5 Å². The minimum absolute atomic E-state index is 0.308. The van der Waals surface area contributed by atoms with Gasteiger partial charge in [0.15, 0.2) is 11.5 Å². The number of carbonyl (C=O) groups excluding carboxylic acids is 1. The first kappa shape index (κ1) is 13.1. The lowest BCUT2D eigenvalue weighted by Crippen LogP contribution is -2.17. The molecule has 0 unspecified atom stereocenters. The van der Waals surface area contributed by atoms with Crippen LogP contribution < -0.4 is 14.9 Å². The Hall–Kier alpha value is -2.89. The third-order valence-corrected chi connectivity index (χ3v) is 2.87. The summed E-state index contributed by atoms with van der Waals surface area (Å²) in [5.41, 5.74) is 3.71. The molecule has 1 aliphatic rings. The van der Waals surface area contributed by atoms with E-state index < -0.39 is 0 Å². The molecule has 2 heterocycles. The van der Waals surface area contributed by atoms with E-state index in [2.05, 4.69) is 15.5 Å². The Morgan fingerprint density at radius 1 is 1.24 bits per heavy atom. The quantitative estimate of drug-likeness (QED) is 0.686. The lowest BCUT2D eigenvalue weighted by molar-refractivity contribution is 0.0955. The number of rotatable bonds is 3. The smallest absolute Gasteiger partial charge is 0.272 e. The molecule has 0 spiro atoms. The molecule has 2 aromatic rings. The van der Waals surface area contributed by atoms with Crippen molar-refractivity contribution in [3.05, 3.63) is 53.9 Å². The molecule has 0 saturated carbocycles. The Balaban J connectivity index is 1.65. The molecule has 21 heavy (non-hydrogen) atoms. The van der Waals surface area contributed by atoms with Crippen LogP contribution in [-0.4, -0.2) is 30.3 Å². The fourth-order valence-corrected chi connectivity index (χ4v) is 1.87. The number of fused-ring (bicyclic) bond motifs is 1. The summed E-state index contributed by atoms with van der Waals surface area (Å²) < 4.78 is 10.9. The standard InChI is InChI=1S/C15H13N3O3/c19-15(12-2-1-5-16-10-12)18-17-9-11-3-4-13-14(8-11)21-7-6-20-13/h1-5,8-10H,6-7H2,(H,18,19)/b17-9+. The average molecular weight is 283 g/mol. The molecule has 0 aliphatic carbocycles. The third-order valence-electron chi connectivity index (χ3n) is 2.87. The first-order valence-corrected chi connectivity index (χ1v) is 6.46. The first-order valence-electron chi connectivity index (χ1n) is 6.46. The van der Waals surface area contributed by atoms with Crippen molar-refractivity contribution in [3.63, 3.8) is 0 Å². The highest BCUT2D eigenvalue weighted by Crippen LogP contribution is 2.30. The zero-order valence-corrected chi connectivity index (χ0v) is 11.2. The zero-order chi connectivity index (χ0) is 14.5. The summed E-state index contributed by atoms with van der Waals surface area (Å²) in [6.45, 7) is 1.09. The van der Waals surface area contributed by atoms with Crippen LogP contribution in [0.2, 0.25) is 0 Å². The lowest BCUT2D eigenvalue weighted by atomic mass is 10.2. The number of hydrazone groups is 1. The molecule has 1 aliphatic heterocycles. The summed E-state index contributed by atoms with van der Waals surface area (Å²) in [6, 6.07) is 8.83. The van der Waals surface area contributed by atoms with Crippen molar-refractivity contribution in [1.29, 1.82) is 0 Å². The molecule has 6 nitrogen and oxygen atoms in total. The number of aromatic nitrogens is 1. The van der Waals surface area contributed by atoms with Gasteiger partial charge in [0.05, 0.1) is 11.8 Å². The minimum Gasteiger partial charge on any atom is -0.486 e. The molecular formula is C15H13N3O3. The second-order valence-electron chi connectivity index (χ2n) is 4.34. The molecule has 3 rings (SSSR count). The Kier molecular flexibility index (Phi) is 3.77. The second kappa shape index (κ2) is 6.04. The highest BCUT2D eigenvalue weighted by molar-refractivity contribution is 5.94. The van der Waals surface area contributed by atoms with Crippen molar-refractivity contribution in [2.45, 2.75) is 0 Å². The topological polar surface area (TPSA) is 72.8 Å². The van der Waals surface area contributed by atoms with Gasteiger partial charge in [-0.3, -0.25) is 9.78 Å². The minimum atomic E-state index is -0.308. The number of hydrogen-bond donors (Lipinski definition) is 1. The molecule has 1 aromatic carbocycles. The summed E-state index contributed by atoms with van der Waals surface area (Å²) >= 11 is 0. The van der Waals surface area contributed by atoms with Gasteiger partial charge in [0.1, 0.15) is 13.2 Å². The van der Waals surface area contributed by atoms with Crippen LogP contribution >= 0.6 is 0 Å². The van der Waals surface area contributed by atoms with E-state index in [0.717, 1.165) is 11.3 Å². The van der Waals surface area contributed by atoms with Crippen molar-refractivity contribution in [2.24, 2.45) is 5.10 Å². The van der Waals surface area contributed by atoms with Gasteiger partial charge < -0.3 is 9.47 Å². The number of ether oxygens (including phenoxy) is 2. The summed E-state index contributed by atoms with van der Waals surface area (Å²) in [6.07, 6.45) is 4.64. The van der Waals surface area contributed by atoms with Gasteiger partial charge in [-0.15, -0.1) is 0 Å². The SMILES string of the molecule is O=C(N/N=C/c1ccc2c(c1)OCCO2)c1cccnc1. The molecule has 0 radical (unpaired) electrons. The van der Waals surface area contributed by atoms with Crippen LogP contribution in [0, 0.1) is 0 Å². The van der Waals surface area contributed by atoms with Crippen molar-refractivity contribution in [2.75, 3.05) is 13.2 Å². The van der Waals surface area contributed by atoms with E-state index in [4.69, 9.17) is 9.47 Å². The zero-order valence-electron chi connectivity index (χ0n) is 11.2. The van der Waals surface area contributed by atoms with Gasteiger partial charge >= 0.3 is 0 Å². The lowest BCUT2D eigenvalue weighted by Gasteiger charge is -2.18. The van der Waals surface area contributed by atoms with Crippen LogP contribution in [0.5, 0.6) is 11.5 Å². The van der Waals surface area contributed by atoms with Crippen LogP contribution in [-0.2, 0) is 0 Å². The first-order chi connectivity index (χ1) is 10.3. The molecule has 6 heteroatoms. The van der Waals surface area contributed by atoms with Crippen LogP contribution in [0.25, 0.3) is 0 Å². The van der Waals surface area contributed by atoms with E-state index in [-0.39, 0.29) is 5.91 Å². The average Bonchev–Trinajstić information content (AvgIpc) is 2.55. The molecule has 1 N–H and O–H groups in total. The Bertz CT molecular complexity index is 671. The number of hydrogen-bond acceptors (Lipinski definition) is 5. The highest BCUT2D eigenvalue weighted by Gasteiger charge is 2.10. The van der Waals surface area contributed by atoms with E-state index in [1.165, 1.54) is 6.20 Å². The van der Waals surface area contributed by atoms with E-state index in [1.54, 1.807) is 24.5 Å². The van der Waals surface area contributed by atoms with Gasteiger partial charge in [0.25, 0.3) is 5.91 Å². The predicted molar refractivity (Wildman–Crippen MR) is 76.7 cm³/mol. The number of amides is 1. The molecule has 1 aromatic heterocycles. The van der Waals surface area contributed by atoms with Gasteiger partial charge in [0.2, 0.25) is 0 Å². The largest absolute Gasteiger partial charge is 0.486 e. The Morgan fingerprint density at radius 3 is 2.90 bits per heavy atom. The monoisotopic (exact) mass is 283 g/mol. The number of nitrogens with zero attached hydrogens (tertiary/aromatic N) is 2. The molecular weight excluding hydrogens is 270 g/mol. The fraction of sp³-hybridized carbons (Fsp3) is 0.133. The van der Waals surface area contributed by atoms with Crippen LogP contribution in [0.4, 0.5) is 0 Å². The fourth-order valence-electron chi connectivity index (χ4n) is 1.87. The van der Waals surface area contributed by atoms with Gasteiger partial charge in [0, 0.05) is 12.4 Å². The van der Waals surface area contributed by atoms with E-state index in [0.29, 0.717) is 24.5 Å². The molecule has 0 saturated heterocycles. The molecule has 106 valence electrons. The van der Waals surface area contributed by atoms with E-state index in [1.807, 2.05) is 18.2 Å². The van der Waals surface area contributed by atoms with Crippen molar-refractivity contribution >= 4 is 12.1 Å². The number of pyridine rings is 1. The predicted octanol–water partition coefficient (Wildman–Crippen LogP) is 1.62. The van der Waals surface area contributed by atoms with Gasteiger partial charge in [-0.1, -0.05) is 0 Å². The molecule has 0 atom stereocenters.